The van der Waals surface area contributed by atoms with Crippen LogP contribution in [0.3, 0.4) is 0 Å². The first kappa shape index (κ1) is 9.97. The Hall–Kier alpha value is -0.570. The number of hydrogen-bond acceptors (Lipinski definition) is 2. The van der Waals surface area contributed by atoms with Crippen LogP contribution in [0, 0.1) is 11.3 Å². The Morgan fingerprint density at radius 1 is 1.21 bits per heavy atom. The molecule has 0 saturated carbocycles. The second-order valence-electron chi connectivity index (χ2n) is 5.00. The van der Waals surface area contributed by atoms with Gasteiger partial charge in [0, 0.05) is 32.1 Å². The molecule has 0 radical (unpaired) electrons. The lowest BCUT2D eigenvalue weighted by atomic mass is 9.90. The molecule has 0 spiro atoms. The zero-order valence-electron chi connectivity index (χ0n) is 9.45. The summed E-state index contributed by atoms with van der Waals surface area (Å²) in [4.78, 5) is 4.49. The Morgan fingerprint density at radius 3 is 2.14 bits per heavy atom. The summed E-state index contributed by atoms with van der Waals surface area (Å²) in [7, 11) is 6.23. The van der Waals surface area contributed by atoms with E-state index >= 15 is 0 Å². The third kappa shape index (κ3) is 1.54. The molecule has 2 rings (SSSR count). The molecule has 0 aromatic heterocycles. The molecule has 2 aliphatic rings. The maximum atomic E-state index is 8.02. The van der Waals surface area contributed by atoms with E-state index < -0.39 is 0 Å². The van der Waals surface area contributed by atoms with Gasteiger partial charge in [0.1, 0.15) is 0 Å². The van der Waals surface area contributed by atoms with E-state index in [1.54, 1.807) is 0 Å². The molecule has 2 aliphatic heterocycles. The molecule has 1 N–H and O–H groups in total. The standard InChI is InChI=1S/C11H21N3/c1-13(2)11(12)8-6-9-4-5-10(7-8)14(9)3/h8-10,12H,4-7H2,1-3H3. The Balaban J connectivity index is 2.02. The molecule has 0 aliphatic carbocycles. The van der Waals surface area contributed by atoms with Crippen LogP contribution in [0.25, 0.3) is 0 Å². The highest BCUT2D eigenvalue weighted by Gasteiger charge is 2.39. The minimum atomic E-state index is 0.513. The summed E-state index contributed by atoms with van der Waals surface area (Å²) in [5.74, 6) is 1.34. The summed E-state index contributed by atoms with van der Waals surface area (Å²) in [5, 5.41) is 8.02. The van der Waals surface area contributed by atoms with E-state index in [2.05, 4.69) is 11.9 Å². The van der Waals surface area contributed by atoms with Crippen LogP contribution in [-0.2, 0) is 0 Å². The molecule has 2 bridgehead atoms. The highest BCUT2D eigenvalue weighted by atomic mass is 15.2. The van der Waals surface area contributed by atoms with Crippen molar-refractivity contribution >= 4 is 5.84 Å². The van der Waals surface area contributed by atoms with Gasteiger partial charge in [-0.05, 0) is 32.7 Å². The summed E-state index contributed by atoms with van der Waals surface area (Å²) in [6.45, 7) is 0. The fourth-order valence-corrected chi connectivity index (χ4v) is 3.00. The maximum absolute atomic E-state index is 8.02. The second kappa shape index (κ2) is 3.54. The van der Waals surface area contributed by atoms with Crippen molar-refractivity contribution in [2.24, 2.45) is 5.92 Å². The molecule has 2 unspecified atom stereocenters. The van der Waals surface area contributed by atoms with E-state index in [-0.39, 0.29) is 0 Å². The lowest BCUT2D eigenvalue weighted by molar-refractivity contribution is 0.154. The number of nitrogens with zero attached hydrogens (tertiary/aromatic N) is 2. The van der Waals surface area contributed by atoms with E-state index in [0.29, 0.717) is 5.92 Å². The van der Waals surface area contributed by atoms with Crippen molar-refractivity contribution in [2.75, 3.05) is 21.1 Å². The van der Waals surface area contributed by atoms with Gasteiger partial charge in [-0.2, -0.15) is 0 Å². The van der Waals surface area contributed by atoms with Crippen LogP contribution >= 0.6 is 0 Å². The molecule has 2 saturated heterocycles. The molecule has 0 aromatic rings. The highest BCUT2D eigenvalue weighted by Crippen LogP contribution is 2.37. The number of nitrogens with one attached hydrogen (secondary N) is 1. The first-order valence-electron chi connectivity index (χ1n) is 5.57. The van der Waals surface area contributed by atoms with Gasteiger partial charge in [-0.3, -0.25) is 5.41 Å². The quantitative estimate of drug-likeness (QED) is 0.506. The fourth-order valence-electron chi connectivity index (χ4n) is 3.00. The second-order valence-corrected chi connectivity index (χ2v) is 5.00. The summed E-state index contributed by atoms with van der Waals surface area (Å²) >= 11 is 0. The first-order valence-corrected chi connectivity index (χ1v) is 5.57. The van der Waals surface area contributed by atoms with Crippen LogP contribution in [0.2, 0.25) is 0 Å². The molecule has 3 heteroatoms. The lowest BCUT2D eigenvalue weighted by Crippen LogP contribution is -2.44. The number of hydrogen-bond donors (Lipinski definition) is 1. The van der Waals surface area contributed by atoms with Crippen LogP contribution in [-0.4, -0.2) is 48.9 Å². The van der Waals surface area contributed by atoms with Gasteiger partial charge in [-0.15, -0.1) is 0 Å². The topological polar surface area (TPSA) is 30.3 Å². The third-order valence-electron chi connectivity index (χ3n) is 3.97. The van der Waals surface area contributed by atoms with Gasteiger partial charge in [0.15, 0.2) is 0 Å². The zero-order chi connectivity index (χ0) is 10.3. The fraction of sp³-hybridized carbons (Fsp3) is 0.909. The largest absolute Gasteiger partial charge is 0.366 e. The van der Waals surface area contributed by atoms with Crippen LogP contribution in [0.1, 0.15) is 25.7 Å². The Morgan fingerprint density at radius 2 is 1.71 bits per heavy atom. The summed E-state index contributed by atoms with van der Waals surface area (Å²) in [6, 6.07) is 1.50. The summed E-state index contributed by atoms with van der Waals surface area (Å²) in [5.41, 5.74) is 0. The van der Waals surface area contributed by atoms with Gasteiger partial charge < -0.3 is 9.80 Å². The molecule has 3 nitrogen and oxygen atoms in total. The zero-order valence-corrected chi connectivity index (χ0v) is 9.45. The predicted molar refractivity (Wildman–Crippen MR) is 58.7 cm³/mol. The van der Waals surface area contributed by atoms with Crippen molar-refractivity contribution < 1.29 is 0 Å². The Bertz CT molecular complexity index is 223. The van der Waals surface area contributed by atoms with E-state index in [9.17, 15) is 0 Å². The monoisotopic (exact) mass is 195 g/mol. The summed E-state index contributed by atoms with van der Waals surface area (Å²) in [6.07, 6.45) is 5.09. The van der Waals surface area contributed by atoms with Gasteiger partial charge in [0.25, 0.3) is 0 Å². The summed E-state index contributed by atoms with van der Waals surface area (Å²) < 4.78 is 0. The molecular weight excluding hydrogens is 174 g/mol. The number of rotatable bonds is 1. The minimum Gasteiger partial charge on any atom is -0.366 e. The van der Waals surface area contributed by atoms with E-state index in [1.807, 2.05) is 19.0 Å². The van der Waals surface area contributed by atoms with Crippen molar-refractivity contribution in [3.63, 3.8) is 0 Å². The first-order chi connectivity index (χ1) is 6.59. The van der Waals surface area contributed by atoms with Gasteiger partial charge in [0.2, 0.25) is 0 Å². The molecular formula is C11H21N3. The Kier molecular flexibility index (Phi) is 2.52. The van der Waals surface area contributed by atoms with Crippen LogP contribution < -0.4 is 0 Å². The van der Waals surface area contributed by atoms with E-state index in [0.717, 1.165) is 17.9 Å². The normalized spacial score (nSPS) is 37.2. The lowest BCUT2D eigenvalue weighted by Gasteiger charge is -2.37. The molecule has 0 amide bonds. The molecule has 2 fully saturated rings. The van der Waals surface area contributed by atoms with E-state index in [1.165, 1.54) is 25.7 Å². The third-order valence-corrected chi connectivity index (χ3v) is 3.97. The van der Waals surface area contributed by atoms with E-state index in [4.69, 9.17) is 5.41 Å². The van der Waals surface area contributed by atoms with Crippen LogP contribution in [0.4, 0.5) is 0 Å². The molecule has 2 heterocycles. The van der Waals surface area contributed by atoms with Gasteiger partial charge in [-0.1, -0.05) is 0 Å². The van der Waals surface area contributed by atoms with Gasteiger partial charge >= 0.3 is 0 Å². The average molecular weight is 195 g/mol. The Labute approximate surface area is 86.6 Å². The van der Waals surface area contributed by atoms with Crippen LogP contribution in [0.15, 0.2) is 0 Å². The predicted octanol–water partition coefficient (Wildman–Crippen LogP) is 1.40. The van der Waals surface area contributed by atoms with Crippen molar-refractivity contribution in [2.45, 2.75) is 37.8 Å². The van der Waals surface area contributed by atoms with Crippen molar-refractivity contribution in [3.8, 4) is 0 Å². The average Bonchev–Trinajstić information content (AvgIpc) is 2.42. The van der Waals surface area contributed by atoms with Crippen molar-refractivity contribution in [1.82, 2.24) is 9.80 Å². The maximum Gasteiger partial charge on any atom is 0.0985 e. The SMILES string of the molecule is CN(C)C(=N)C1CC2CCC(C1)N2C. The molecule has 80 valence electrons. The molecule has 0 aromatic carbocycles. The smallest absolute Gasteiger partial charge is 0.0985 e. The van der Waals surface area contributed by atoms with Crippen molar-refractivity contribution in [3.05, 3.63) is 0 Å². The van der Waals surface area contributed by atoms with Gasteiger partial charge in [-0.25, -0.2) is 0 Å². The highest BCUT2D eigenvalue weighted by molar-refractivity contribution is 5.81. The minimum absolute atomic E-state index is 0.513. The molecule has 2 atom stereocenters. The van der Waals surface area contributed by atoms with Crippen LogP contribution in [0.5, 0.6) is 0 Å². The van der Waals surface area contributed by atoms with Crippen molar-refractivity contribution in [1.29, 1.82) is 5.41 Å². The number of amidine groups is 1. The molecule has 14 heavy (non-hydrogen) atoms. The number of fused-ring (bicyclic) bond motifs is 2. The number of piperidine rings is 1. The van der Waals surface area contributed by atoms with Gasteiger partial charge in [0.05, 0.1) is 5.84 Å².